The van der Waals surface area contributed by atoms with E-state index in [-0.39, 0.29) is 17.2 Å². The van der Waals surface area contributed by atoms with Crippen molar-refractivity contribution >= 4 is 23.3 Å². The van der Waals surface area contributed by atoms with Gasteiger partial charge in [0, 0.05) is 11.6 Å². The molecule has 2 heterocycles. The van der Waals surface area contributed by atoms with Crippen molar-refractivity contribution in [1.82, 2.24) is 5.16 Å². The molecule has 1 saturated heterocycles. The van der Waals surface area contributed by atoms with E-state index < -0.39 is 17.7 Å². The molecule has 1 aliphatic heterocycles. The minimum atomic E-state index is -0.804. The molecule has 0 bridgehead atoms. The summed E-state index contributed by atoms with van der Waals surface area (Å²) in [6.07, 6.45) is 0.867. The maximum Gasteiger partial charge on any atom is 0.301 e. The number of aromatic nitrogens is 1. The third-order valence-corrected chi connectivity index (χ3v) is 5.34. The van der Waals surface area contributed by atoms with E-state index in [4.69, 9.17) is 4.52 Å². The summed E-state index contributed by atoms with van der Waals surface area (Å²) < 4.78 is 5.14. The van der Waals surface area contributed by atoms with E-state index >= 15 is 0 Å². The van der Waals surface area contributed by atoms with Crippen LogP contribution in [0.25, 0.3) is 5.76 Å². The lowest BCUT2D eigenvalue weighted by Crippen LogP contribution is -2.29. The largest absolute Gasteiger partial charge is 0.507 e. The van der Waals surface area contributed by atoms with E-state index in [0.29, 0.717) is 16.9 Å². The van der Waals surface area contributed by atoms with Crippen LogP contribution in [0.3, 0.4) is 0 Å². The van der Waals surface area contributed by atoms with Crippen LogP contribution in [-0.2, 0) is 16.0 Å². The van der Waals surface area contributed by atoms with Crippen LogP contribution in [0.1, 0.15) is 41.0 Å². The number of amides is 1. The topological polar surface area (TPSA) is 83.6 Å². The second kappa shape index (κ2) is 7.63. The molecule has 6 heteroatoms. The molecule has 1 N–H and O–H groups in total. The van der Waals surface area contributed by atoms with E-state index in [2.05, 4.69) is 12.1 Å². The van der Waals surface area contributed by atoms with Gasteiger partial charge in [0.05, 0.1) is 11.6 Å². The molecule has 6 nitrogen and oxygen atoms in total. The van der Waals surface area contributed by atoms with E-state index in [1.165, 1.54) is 4.90 Å². The zero-order chi connectivity index (χ0) is 21.4. The minimum absolute atomic E-state index is 0.0359. The first-order valence-corrected chi connectivity index (χ1v) is 9.81. The van der Waals surface area contributed by atoms with Gasteiger partial charge in [-0.1, -0.05) is 66.2 Å². The van der Waals surface area contributed by atoms with Crippen LogP contribution < -0.4 is 4.90 Å². The Morgan fingerprint density at radius 2 is 1.73 bits per heavy atom. The Hall–Kier alpha value is -3.67. The lowest BCUT2D eigenvalue weighted by molar-refractivity contribution is -0.132. The number of hydrogen-bond acceptors (Lipinski definition) is 5. The molecular formula is C24H22N2O4. The van der Waals surface area contributed by atoms with Crippen molar-refractivity contribution in [2.45, 2.75) is 33.2 Å². The van der Waals surface area contributed by atoms with Gasteiger partial charge in [-0.25, -0.2) is 0 Å². The molecule has 2 aromatic carbocycles. The van der Waals surface area contributed by atoms with Crippen LogP contribution >= 0.6 is 0 Å². The van der Waals surface area contributed by atoms with Gasteiger partial charge in [0.25, 0.3) is 5.78 Å². The molecule has 0 radical (unpaired) electrons. The number of hydrogen-bond donors (Lipinski definition) is 1. The lowest BCUT2D eigenvalue weighted by atomic mass is 9.94. The number of rotatable bonds is 4. The van der Waals surface area contributed by atoms with E-state index in [1.54, 1.807) is 25.1 Å². The van der Waals surface area contributed by atoms with Gasteiger partial charge < -0.3 is 9.63 Å². The van der Waals surface area contributed by atoms with Gasteiger partial charge in [-0.2, -0.15) is 0 Å². The maximum atomic E-state index is 13.0. The van der Waals surface area contributed by atoms with Crippen LogP contribution in [0.5, 0.6) is 0 Å². The number of nitrogens with zero attached hydrogens (tertiary/aromatic N) is 2. The average Bonchev–Trinajstić information content (AvgIpc) is 3.29. The SMILES string of the molecule is CCc1ccc(C2C(=C(O)c3ccc(C)cc3)C(=O)C(=O)N2c2cc(C)on2)cc1. The summed E-state index contributed by atoms with van der Waals surface area (Å²) in [7, 11) is 0. The number of aryl methyl sites for hydroxylation is 3. The summed E-state index contributed by atoms with van der Waals surface area (Å²) in [6, 6.07) is 15.6. The highest BCUT2D eigenvalue weighted by Crippen LogP contribution is 2.41. The number of carbonyl (C=O) groups excluding carboxylic acids is 2. The number of ketones is 1. The Morgan fingerprint density at radius 3 is 2.30 bits per heavy atom. The van der Waals surface area contributed by atoms with Gasteiger partial charge in [0.15, 0.2) is 5.82 Å². The monoisotopic (exact) mass is 402 g/mol. The van der Waals surface area contributed by atoms with Crippen molar-refractivity contribution in [3.8, 4) is 0 Å². The molecule has 4 rings (SSSR count). The van der Waals surface area contributed by atoms with E-state index in [0.717, 1.165) is 17.5 Å². The minimum Gasteiger partial charge on any atom is -0.507 e. The van der Waals surface area contributed by atoms with Gasteiger partial charge in [-0.15, -0.1) is 0 Å². The third kappa shape index (κ3) is 3.30. The summed E-state index contributed by atoms with van der Waals surface area (Å²) in [5.41, 5.74) is 3.38. The number of aliphatic hydroxyl groups is 1. The zero-order valence-electron chi connectivity index (χ0n) is 17.0. The number of Topliss-reactive ketones (excluding diaryl/α,β-unsaturated/α-hetero) is 1. The Kier molecular flexibility index (Phi) is 4.99. The second-order valence-corrected chi connectivity index (χ2v) is 7.43. The molecule has 1 aromatic heterocycles. The van der Waals surface area contributed by atoms with Crippen LogP contribution in [0, 0.1) is 13.8 Å². The van der Waals surface area contributed by atoms with Gasteiger partial charge in [-0.3, -0.25) is 14.5 Å². The van der Waals surface area contributed by atoms with Crippen molar-refractivity contribution in [2.24, 2.45) is 0 Å². The molecule has 1 fully saturated rings. The molecule has 1 unspecified atom stereocenters. The fourth-order valence-corrected chi connectivity index (χ4v) is 3.65. The highest BCUT2D eigenvalue weighted by Gasteiger charge is 2.48. The summed E-state index contributed by atoms with van der Waals surface area (Å²) >= 11 is 0. The highest BCUT2D eigenvalue weighted by atomic mass is 16.5. The van der Waals surface area contributed by atoms with Gasteiger partial charge >= 0.3 is 5.91 Å². The first kappa shape index (κ1) is 19.6. The lowest BCUT2D eigenvalue weighted by Gasteiger charge is -2.23. The molecule has 3 aromatic rings. The first-order chi connectivity index (χ1) is 14.4. The second-order valence-electron chi connectivity index (χ2n) is 7.43. The van der Waals surface area contributed by atoms with Gasteiger partial charge in [-0.05, 0) is 31.4 Å². The van der Waals surface area contributed by atoms with Crippen molar-refractivity contribution in [3.05, 3.63) is 88.2 Å². The number of aliphatic hydroxyl groups excluding tert-OH is 1. The summed E-state index contributed by atoms with van der Waals surface area (Å²) in [4.78, 5) is 27.3. The standard InChI is InChI=1S/C24H22N2O4/c1-4-16-7-11-17(12-8-16)21-20(22(27)18-9-5-14(2)6-10-18)23(28)24(29)26(21)19-13-15(3)30-25-19/h5-13,21,27H,4H2,1-3H3. The van der Waals surface area contributed by atoms with Crippen LogP contribution in [0.4, 0.5) is 5.82 Å². The fraction of sp³-hybridized carbons (Fsp3) is 0.208. The molecule has 152 valence electrons. The number of benzene rings is 2. The van der Waals surface area contributed by atoms with Crippen molar-refractivity contribution in [1.29, 1.82) is 0 Å². The Bertz CT molecular complexity index is 1140. The zero-order valence-corrected chi connectivity index (χ0v) is 17.0. The van der Waals surface area contributed by atoms with Gasteiger partial charge in [0.1, 0.15) is 11.5 Å². The highest BCUT2D eigenvalue weighted by molar-refractivity contribution is 6.51. The summed E-state index contributed by atoms with van der Waals surface area (Å²) in [5, 5.41) is 15.0. The van der Waals surface area contributed by atoms with Gasteiger partial charge in [0.2, 0.25) is 0 Å². The summed E-state index contributed by atoms with van der Waals surface area (Å²) in [5.74, 6) is -0.951. The normalized spacial score (nSPS) is 18.2. The molecule has 0 spiro atoms. The van der Waals surface area contributed by atoms with E-state index in [9.17, 15) is 14.7 Å². The maximum absolute atomic E-state index is 13.0. The Balaban J connectivity index is 1.92. The van der Waals surface area contributed by atoms with Crippen molar-refractivity contribution in [3.63, 3.8) is 0 Å². The molecule has 0 aliphatic carbocycles. The molecule has 1 aliphatic rings. The Labute approximate surface area is 174 Å². The molecule has 1 amide bonds. The van der Waals surface area contributed by atoms with Crippen LogP contribution in [0.2, 0.25) is 0 Å². The Morgan fingerprint density at radius 1 is 1.07 bits per heavy atom. The van der Waals surface area contributed by atoms with Crippen molar-refractivity contribution in [2.75, 3.05) is 4.90 Å². The third-order valence-electron chi connectivity index (χ3n) is 5.34. The van der Waals surface area contributed by atoms with Crippen molar-refractivity contribution < 1.29 is 19.2 Å². The average molecular weight is 402 g/mol. The van der Waals surface area contributed by atoms with Crippen LogP contribution in [0.15, 0.2) is 64.7 Å². The predicted molar refractivity (Wildman–Crippen MR) is 113 cm³/mol. The van der Waals surface area contributed by atoms with Crippen LogP contribution in [-0.4, -0.2) is 22.0 Å². The number of anilines is 1. The fourth-order valence-electron chi connectivity index (χ4n) is 3.65. The molecular weight excluding hydrogens is 380 g/mol. The molecule has 30 heavy (non-hydrogen) atoms. The first-order valence-electron chi connectivity index (χ1n) is 9.81. The number of carbonyl (C=O) groups is 2. The van der Waals surface area contributed by atoms with E-state index in [1.807, 2.05) is 43.3 Å². The summed E-state index contributed by atoms with van der Waals surface area (Å²) in [6.45, 7) is 5.70. The predicted octanol–water partition coefficient (Wildman–Crippen LogP) is 4.48. The molecule has 1 atom stereocenters. The smallest absolute Gasteiger partial charge is 0.301 e. The quantitative estimate of drug-likeness (QED) is 0.395. The molecule has 0 saturated carbocycles.